The summed E-state index contributed by atoms with van der Waals surface area (Å²) >= 11 is 5.66. The third-order valence-corrected chi connectivity index (χ3v) is 2.61. The van der Waals surface area contributed by atoms with Crippen LogP contribution >= 0.6 is 11.6 Å². The molecule has 0 fully saturated rings. The molecule has 0 saturated carbocycles. The van der Waals surface area contributed by atoms with Gasteiger partial charge in [0, 0.05) is 12.3 Å². The standard InChI is InChI=1S/C12H8ClN3O4/c13-7-1-4-11(14-6-7)15-12(18)9-5-8(17)2-3-10(9)16(19)20/h1-6,17H,(H,14,15,18). The van der Waals surface area contributed by atoms with E-state index in [0.717, 1.165) is 18.2 Å². The van der Waals surface area contributed by atoms with Crippen LogP contribution in [0.1, 0.15) is 10.4 Å². The van der Waals surface area contributed by atoms with Crippen LogP contribution in [-0.4, -0.2) is 20.9 Å². The zero-order valence-corrected chi connectivity index (χ0v) is 10.7. The minimum Gasteiger partial charge on any atom is -0.508 e. The Morgan fingerprint density at radius 1 is 1.35 bits per heavy atom. The van der Waals surface area contributed by atoms with Gasteiger partial charge in [-0.2, -0.15) is 0 Å². The van der Waals surface area contributed by atoms with Crippen molar-refractivity contribution in [2.45, 2.75) is 0 Å². The molecule has 7 nitrogen and oxygen atoms in total. The zero-order valence-electron chi connectivity index (χ0n) is 9.91. The van der Waals surface area contributed by atoms with Crippen molar-refractivity contribution >= 4 is 29.0 Å². The first-order chi connectivity index (χ1) is 9.47. The molecule has 20 heavy (non-hydrogen) atoms. The summed E-state index contributed by atoms with van der Waals surface area (Å²) in [5.41, 5.74) is -0.666. The van der Waals surface area contributed by atoms with E-state index in [1.54, 1.807) is 0 Å². The highest BCUT2D eigenvalue weighted by Crippen LogP contribution is 2.24. The second-order valence-electron chi connectivity index (χ2n) is 3.77. The molecule has 0 aliphatic carbocycles. The van der Waals surface area contributed by atoms with Crippen molar-refractivity contribution in [3.8, 4) is 5.75 Å². The number of anilines is 1. The van der Waals surface area contributed by atoms with Gasteiger partial charge in [0.15, 0.2) is 0 Å². The van der Waals surface area contributed by atoms with Crippen LogP contribution in [0.2, 0.25) is 5.02 Å². The quantitative estimate of drug-likeness (QED) is 0.668. The van der Waals surface area contributed by atoms with Gasteiger partial charge in [-0.15, -0.1) is 0 Å². The van der Waals surface area contributed by atoms with Crippen molar-refractivity contribution in [1.29, 1.82) is 0 Å². The lowest BCUT2D eigenvalue weighted by Gasteiger charge is -2.05. The number of aromatic nitrogens is 1. The summed E-state index contributed by atoms with van der Waals surface area (Å²) in [6.07, 6.45) is 1.33. The van der Waals surface area contributed by atoms with Crippen molar-refractivity contribution in [2.24, 2.45) is 0 Å². The van der Waals surface area contributed by atoms with Crippen LogP contribution in [0.5, 0.6) is 5.75 Å². The molecule has 1 amide bonds. The fourth-order valence-corrected chi connectivity index (χ4v) is 1.61. The van der Waals surface area contributed by atoms with E-state index in [-0.39, 0.29) is 17.1 Å². The molecule has 0 aliphatic heterocycles. The Bertz CT molecular complexity index is 673. The third kappa shape index (κ3) is 3.01. The first kappa shape index (κ1) is 13.8. The Balaban J connectivity index is 2.31. The number of carbonyl (C=O) groups excluding carboxylic acids is 1. The zero-order chi connectivity index (χ0) is 14.7. The number of phenolic OH excluding ortho intramolecular Hbond substituents is 1. The lowest BCUT2D eigenvalue weighted by Crippen LogP contribution is -2.14. The van der Waals surface area contributed by atoms with Gasteiger partial charge >= 0.3 is 0 Å². The summed E-state index contributed by atoms with van der Waals surface area (Å²) in [4.78, 5) is 26.0. The number of phenols is 1. The number of hydrogen-bond donors (Lipinski definition) is 2. The van der Waals surface area contributed by atoms with Crippen LogP contribution in [0, 0.1) is 10.1 Å². The van der Waals surface area contributed by atoms with E-state index >= 15 is 0 Å². The Morgan fingerprint density at radius 2 is 2.10 bits per heavy atom. The minimum atomic E-state index is -0.748. The van der Waals surface area contributed by atoms with Crippen molar-refractivity contribution < 1.29 is 14.8 Å². The number of carbonyl (C=O) groups is 1. The van der Waals surface area contributed by atoms with Gasteiger partial charge in [-0.1, -0.05) is 11.6 Å². The van der Waals surface area contributed by atoms with Crippen molar-refractivity contribution in [2.75, 3.05) is 5.32 Å². The Kier molecular flexibility index (Phi) is 3.81. The average Bonchev–Trinajstić information content (AvgIpc) is 2.41. The summed E-state index contributed by atoms with van der Waals surface area (Å²) < 4.78 is 0. The topological polar surface area (TPSA) is 105 Å². The Hall–Kier alpha value is -2.67. The molecule has 2 aromatic rings. The summed E-state index contributed by atoms with van der Waals surface area (Å²) in [5, 5.41) is 23.0. The second-order valence-corrected chi connectivity index (χ2v) is 4.21. The summed E-state index contributed by atoms with van der Waals surface area (Å²) in [5.74, 6) is -0.802. The number of nitrogens with one attached hydrogen (secondary N) is 1. The first-order valence-corrected chi connectivity index (χ1v) is 5.75. The maximum absolute atomic E-state index is 12.0. The molecule has 2 N–H and O–H groups in total. The van der Waals surface area contributed by atoms with Gasteiger partial charge in [-0.3, -0.25) is 14.9 Å². The lowest BCUT2D eigenvalue weighted by molar-refractivity contribution is -0.385. The van der Waals surface area contributed by atoms with Crippen LogP contribution in [0.3, 0.4) is 0 Å². The number of nitro groups is 1. The van der Waals surface area contributed by atoms with E-state index in [1.165, 1.54) is 18.3 Å². The van der Waals surface area contributed by atoms with Gasteiger partial charge in [0.1, 0.15) is 17.1 Å². The van der Waals surface area contributed by atoms with Gasteiger partial charge in [0.05, 0.1) is 9.95 Å². The number of nitro benzene ring substituents is 1. The Labute approximate surface area is 118 Å². The molecule has 0 atom stereocenters. The van der Waals surface area contributed by atoms with Crippen molar-refractivity contribution in [1.82, 2.24) is 4.98 Å². The molecule has 1 aromatic heterocycles. The largest absolute Gasteiger partial charge is 0.508 e. The fourth-order valence-electron chi connectivity index (χ4n) is 1.50. The maximum atomic E-state index is 12.0. The van der Waals surface area contributed by atoms with E-state index in [1.807, 2.05) is 0 Å². The number of rotatable bonds is 3. The summed E-state index contributed by atoms with van der Waals surface area (Å²) in [7, 11) is 0. The van der Waals surface area contributed by atoms with Gasteiger partial charge in [0.2, 0.25) is 0 Å². The van der Waals surface area contributed by atoms with Gasteiger partial charge < -0.3 is 10.4 Å². The third-order valence-electron chi connectivity index (χ3n) is 2.39. The monoisotopic (exact) mass is 293 g/mol. The second kappa shape index (κ2) is 5.54. The molecule has 8 heteroatoms. The van der Waals surface area contributed by atoms with E-state index in [9.17, 15) is 20.0 Å². The molecule has 2 rings (SSSR count). The molecule has 0 spiro atoms. The smallest absolute Gasteiger partial charge is 0.282 e. The van der Waals surface area contributed by atoms with Crippen LogP contribution in [0.15, 0.2) is 36.5 Å². The molecule has 0 radical (unpaired) electrons. The number of hydrogen-bond acceptors (Lipinski definition) is 5. The number of halogens is 1. The van der Waals surface area contributed by atoms with Crippen LogP contribution < -0.4 is 5.32 Å². The highest BCUT2D eigenvalue weighted by molar-refractivity contribution is 6.30. The van der Waals surface area contributed by atoms with Gasteiger partial charge in [-0.25, -0.2) is 4.98 Å². The first-order valence-electron chi connectivity index (χ1n) is 5.37. The fraction of sp³-hybridized carbons (Fsp3) is 0. The normalized spacial score (nSPS) is 10.1. The maximum Gasteiger partial charge on any atom is 0.282 e. The highest BCUT2D eigenvalue weighted by atomic mass is 35.5. The van der Waals surface area contributed by atoms with E-state index in [2.05, 4.69) is 10.3 Å². The molecular formula is C12H8ClN3O4. The summed E-state index contributed by atoms with van der Waals surface area (Å²) in [6, 6.07) is 6.17. The van der Waals surface area contributed by atoms with Gasteiger partial charge in [0.25, 0.3) is 11.6 Å². The van der Waals surface area contributed by atoms with E-state index < -0.39 is 16.5 Å². The molecule has 102 valence electrons. The number of pyridine rings is 1. The van der Waals surface area contributed by atoms with Crippen LogP contribution in [0.25, 0.3) is 0 Å². The molecule has 0 aliphatic rings. The molecule has 0 saturated heterocycles. The van der Waals surface area contributed by atoms with Gasteiger partial charge in [-0.05, 0) is 24.3 Å². The molecular weight excluding hydrogens is 286 g/mol. The SMILES string of the molecule is O=C(Nc1ccc(Cl)cn1)c1cc(O)ccc1[N+](=O)[O-]. The van der Waals surface area contributed by atoms with E-state index in [0.29, 0.717) is 5.02 Å². The minimum absolute atomic E-state index is 0.192. The van der Waals surface area contributed by atoms with Crippen LogP contribution in [-0.2, 0) is 0 Å². The number of benzene rings is 1. The summed E-state index contributed by atoms with van der Waals surface area (Å²) in [6.45, 7) is 0. The molecule has 1 heterocycles. The predicted molar refractivity (Wildman–Crippen MR) is 72.0 cm³/mol. The number of aromatic hydroxyl groups is 1. The van der Waals surface area contributed by atoms with Crippen molar-refractivity contribution in [3.05, 3.63) is 57.2 Å². The Morgan fingerprint density at radius 3 is 2.70 bits per heavy atom. The molecule has 0 unspecified atom stereocenters. The average molecular weight is 294 g/mol. The lowest BCUT2D eigenvalue weighted by atomic mass is 10.1. The molecule has 0 bridgehead atoms. The highest BCUT2D eigenvalue weighted by Gasteiger charge is 2.21. The molecule has 1 aromatic carbocycles. The number of nitrogens with zero attached hydrogens (tertiary/aromatic N) is 2. The number of amides is 1. The van der Waals surface area contributed by atoms with Crippen molar-refractivity contribution in [3.63, 3.8) is 0 Å². The van der Waals surface area contributed by atoms with E-state index in [4.69, 9.17) is 11.6 Å². The van der Waals surface area contributed by atoms with Crippen LogP contribution in [0.4, 0.5) is 11.5 Å². The predicted octanol–water partition coefficient (Wildman–Crippen LogP) is 2.60.